The zero-order chi connectivity index (χ0) is 12.9. The van der Waals surface area contributed by atoms with E-state index in [0.717, 1.165) is 18.5 Å². The maximum absolute atomic E-state index is 13.3. The standard InChI is InChI=1S/C14H22FNO/c1-5-14(3,17-4)13(16-6-2)11-8-7-9-12(15)10-11/h7-10,13,16H,5-6H2,1-4H3. The van der Waals surface area contributed by atoms with Crippen LogP contribution < -0.4 is 5.32 Å². The summed E-state index contributed by atoms with van der Waals surface area (Å²) in [6.45, 7) is 6.98. The molecule has 2 atom stereocenters. The van der Waals surface area contributed by atoms with Crippen molar-refractivity contribution in [3.8, 4) is 0 Å². The van der Waals surface area contributed by atoms with Crippen LogP contribution in [0.3, 0.4) is 0 Å². The Bertz CT molecular complexity index is 350. The monoisotopic (exact) mass is 239 g/mol. The van der Waals surface area contributed by atoms with Crippen LogP contribution in [0.25, 0.3) is 0 Å². The van der Waals surface area contributed by atoms with Crippen molar-refractivity contribution in [1.29, 1.82) is 0 Å². The molecule has 0 aromatic heterocycles. The fourth-order valence-corrected chi connectivity index (χ4v) is 2.04. The molecule has 0 saturated heterocycles. The second-order valence-electron chi connectivity index (χ2n) is 4.42. The molecule has 2 unspecified atom stereocenters. The number of halogens is 1. The lowest BCUT2D eigenvalue weighted by atomic mass is 9.87. The second kappa shape index (κ2) is 6.12. The summed E-state index contributed by atoms with van der Waals surface area (Å²) in [5.41, 5.74) is 0.599. The molecule has 1 rings (SSSR count). The molecule has 1 aromatic rings. The predicted octanol–water partition coefficient (Wildman–Crippen LogP) is 3.29. The van der Waals surface area contributed by atoms with Gasteiger partial charge in [0.05, 0.1) is 11.6 Å². The SMILES string of the molecule is CCNC(c1cccc(F)c1)C(C)(CC)OC. The molecule has 3 heteroatoms. The van der Waals surface area contributed by atoms with Crippen molar-refractivity contribution < 1.29 is 9.13 Å². The molecule has 17 heavy (non-hydrogen) atoms. The number of benzene rings is 1. The van der Waals surface area contributed by atoms with Gasteiger partial charge in [-0.2, -0.15) is 0 Å². The molecule has 96 valence electrons. The van der Waals surface area contributed by atoms with Gasteiger partial charge in [0.15, 0.2) is 0 Å². The van der Waals surface area contributed by atoms with Crippen LogP contribution in [-0.4, -0.2) is 19.3 Å². The van der Waals surface area contributed by atoms with E-state index in [2.05, 4.69) is 12.2 Å². The van der Waals surface area contributed by atoms with Gasteiger partial charge in [-0.1, -0.05) is 26.0 Å². The van der Waals surface area contributed by atoms with Crippen molar-refractivity contribution >= 4 is 0 Å². The molecule has 0 aliphatic rings. The molecule has 1 N–H and O–H groups in total. The van der Waals surface area contributed by atoms with E-state index in [4.69, 9.17) is 4.74 Å². The Morgan fingerprint density at radius 1 is 1.41 bits per heavy atom. The van der Waals surface area contributed by atoms with E-state index >= 15 is 0 Å². The molecule has 0 spiro atoms. The number of likely N-dealkylation sites (N-methyl/N-ethyl adjacent to an activating group) is 1. The van der Waals surface area contributed by atoms with Crippen LogP contribution in [0.2, 0.25) is 0 Å². The Hall–Kier alpha value is -0.930. The van der Waals surface area contributed by atoms with Crippen LogP contribution in [0, 0.1) is 5.82 Å². The zero-order valence-corrected chi connectivity index (χ0v) is 11.1. The molecule has 0 saturated carbocycles. The summed E-state index contributed by atoms with van der Waals surface area (Å²) in [4.78, 5) is 0. The van der Waals surface area contributed by atoms with Crippen LogP contribution in [0.15, 0.2) is 24.3 Å². The average Bonchev–Trinajstić information content (AvgIpc) is 2.35. The number of rotatable bonds is 6. The zero-order valence-electron chi connectivity index (χ0n) is 11.1. The lowest BCUT2D eigenvalue weighted by molar-refractivity contribution is -0.0296. The molecule has 0 fully saturated rings. The Labute approximate surface area is 103 Å². The number of ether oxygens (including phenoxy) is 1. The Kier molecular flexibility index (Phi) is 5.09. The normalized spacial score (nSPS) is 16.5. The first-order valence-electron chi connectivity index (χ1n) is 6.11. The summed E-state index contributed by atoms with van der Waals surface area (Å²) >= 11 is 0. The van der Waals surface area contributed by atoms with Crippen molar-refractivity contribution in [2.24, 2.45) is 0 Å². The minimum Gasteiger partial charge on any atom is -0.377 e. The fraction of sp³-hybridized carbons (Fsp3) is 0.571. The molecular weight excluding hydrogens is 217 g/mol. The van der Waals surface area contributed by atoms with Gasteiger partial charge in [0.1, 0.15) is 5.82 Å². The summed E-state index contributed by atoms with van der Waals surface area (Å²) in [6, 6.07) is 6.70. The topological polar surface area (TPSA) is 21.3 Å². The van der Waals surface area contributed by atoms with Crippen LogP contribution in [0.4, 0.5) is 4.39 Å². The van der Waals surface area contributed by atoms with Crippen molar-refractivity contribution in [2.75, 3.05) is 13.7 Å². The predicted molar refractivity (Wildman–Crippen MR) is 68.5 cm³/mol. The number of nitrogens with one attached hydrogen (secondary N) is 1. The second-order valence-corrected chi connectivity index (χ2v) is 4.42. The van der Waals surface area contributed by atoms with Crippen LogP contribution >= 0.6 is 0 Å². The highest BCUT2D eigenvalue weighted by Crippen LogP contribution is 2.31. The molecule has 0 radical (unpaired) electrons. The number of hydrogen-bond acceptors (Lipinski definition) is 2. The molecule has 1 aromatic carbocycles. The smallest absolute Gasteiger partial charge is 0.123 e. The minimum absolute atomic E-state index is 0.00167. The third-order valence-corrected chi connectivity index (χ3v) is 3.37. The van der Waals surface area contributed by atoms with Gasteiger partial charge < -0.3 is 10.1 Å². The lowest BCUT2D eigenvalue weighted by Gasteiger charge is -2.36. The van der Waals surface area contributed by atoms with Gasteiger partial charge in [0, 0.05) is 7.11 Å². The van der Waals surface area contributed by atoms with Crippen molar-refractivity contribution in [3.05, 3.63) is 35.6 Å². The summed E-state index contributed by atoms with van der Waals surface area (Å²) in [5, 5.41) is 3.38. The lowest BCUT2D eigenvalue weighted by Crippen LogP contribution is -2.42. The molecule has 0 aliphatic carbocycles. The molecule has 0 amide bonds. The van der Waals surface area contributed by atoms with Crippen molar-refractivity contribution in [3.63, 3.8) is 0 Å². The minimum atomic E-state index is -0.330. The summed E-state index contributed by atoms with van der Waals surface area (Å²) in [6.07, 6.45) is 0.859. The van der Waals surface area contributed by atoms with E-state index in [1.165, 1.54) is 6.07 Å². The van der Waals surface area contributed by atoms with Gasteiger partial charge >= 0.3 is 0 Å². The van der Waals surface area contributed by atoms with E-state index in [9.17, 15) is 4.39 Å². The largest absolute Gasteiger partial charge is 0.377 e. The summed E-state index contributed by atoms with van der Waals surface area (Å²) in [5.74, 6) is -0.208. The molecule has 0 aliphatic heterocycles. The van der Waals surface area contributed by atoms with Crippen molar-refractivity contribution in [1.82, 2.24) is 5.32 Å². The fourth-order valence-electron chi connectivity index (χ4n) is 2.04. The Balaban J connectivity index is 3.08. The van der Waals surface area contributed by atoms with Crippen LogP contribution in [0.5, 0.6) is 0 Å². The van der Waals surface area contributed by atoms with Gasteiger partial charge in [-0.05, 0) is 37.6 Å². The molecule has 0 heterocycles. The molecular formula is C14H22FNO. The maximum Gasteiger partial charge on any atom is 0.123 e. The van der Waals surface area contributed by atoms with Crippen LogP contribution in [0.1, 0.15) is 38.8 Å². The van der Waals surface area contributed by atoms with E-state index < -0.39 is 0 Å². The third-order valence-electron chi connectivity index (χ3n) is 3.37. The quantitative estimate of drug-likeness (QED) is 0.822. The van der Waals surface area contributed by atoms with Crippen molar-refractivity contribution in [2.45, 2.75) is 38.8 Å². The Morgan fingerprint density at radius 3 is 2.59 bits per heavy atom. The Morgan fingerprint density at radius 2 is 2.12 bits per heavy atom. The summed E-state index contributed by atoms with van der Waals surface area (Å²) < 4.78 is 18.9. The van der Waals surface area contributed by atoms with E-state index in [1.54, 1.807) is 19.2 Å². The first-order chi connectivity index (χ1) is 8.07. The van der Waals surface area contributed by atoms with Gasteiger partial charge in [-0.3, -0.25) is 0 Å². The highest BCUT2D eigenvalue weighted by atomic mass is 19.1. The van der Waals surface area contributed by atoms with E-state index in [0.29, 0.717) is 0 Å². The maximum atomic E-state index is 13.3. The molecule has 2 nitrogen and oxygen atoms in total. The van der Waals surface area contributed by atoms with E-state index in [1.807, 2.05) is 19.9 Å². The van der Waals surface area contributed by atoms with Gasteiger partial charge in [-0.15, -0.1) is 0 Å². The highest BCUT2D eigenvalue weighted by molar-refractivity contribution is 5.23. The van der Waals surface area contributed by atoms with Gasteiger partial charge in [0.2, 0.25) is 0 Å². The number of hydrogen-bond donors (Lipinski definition) is 1. The first kappa shape index (κ1) is 14.1. The van der Waals surface area contributed by atoms with Crippen LogP contribution in [-0.2, 0) is 4.74 Å². The van der Waals surface area contributed by atoms with E-state index in [-0.39, 0.29) is 17.5 Å². The number of methoxy groups -OCH3 is 1. The summed E-state index contributed by atoms with van der Waals surface area (Å²) in [7, 11) is 1.70. The average molecular weight is 239 g/mol. The third kappa shape index (κ3) is 3.27. The van der Waals surface area contributed by atoms with Gasteiger partial charge in [-0.25, -0.2) is 4.39 Å². The first-order valence-corrected chi connectivity index (χ1v) is 6.11. The highest BCUT2D eigenvalue weighted by Gasteiger charge is 2.33. The molecule has 0 bridgehead atoms. The van der Waals surface area contributed by atoms with Gasteiger partial charge in [0.25, 0.3) is 0 Å².